The molecule has 4 heteroatoms. The Bertz CT molecular complexity index is 438. The molecule has 1 aromatic rings. The molecule has 2 rings (SSSR count). The molecule has 1 saturated carbocycles. The summed E-state index contributed by atoms with van der Waals surface area (Å²) in [5, 5.41) is 3.66. The number of nitrogens with one attached hydrogen (secondary N) is 1. The zero-order valence-corrected chi connectivity index (χ0v) is 16.6. The lowest BCUT2D eigenvalue weighted by Crippen LogP contribution is -2.38. The van der Waals surface area contributed by atoms with Gasteiger partial charge in [0, 0.05) is 14.9 Å². The first kappa shape index (κ1) is 17.8. The fraction of sp³-hybridized carbons (Fsp3) is 0.765. The molecule has 0 spiro atoms. The van der Waals surface area contributed by atoms with Crippen molar-refractivity contribution >= 4 is 38.9 Å². The van der Waals surface area contributed by atoms with Gasteiger partial charge < -0.3 is 5.32 Å². The number of aryl methyl sites for hydroxylation is 1. The average Bonchev–Trinajstić information content (AvgIpc) is 2.95. The van der Waals surface area contributed by atoms with Gasteiger partial charge in [-0.15, -0.1) is 11.3 Å². The van der Waals surface area contributed by atoms with Crippen molar-refractivity contribution < 1.29 is 0 Å². The van der Waals surface area contributed by atoms with Gasteiger partial charge >= 0.3 is 0 Å². The molecule has 1 N–H and O–H groups in total. The molecule has 1 aliphatic carbocycles. The van der Waals surface area contributed by atoms with Gasteiger partial charge in [-0.2, -0.15) is 0 Å². The molecule has 0 radical (unpaired) electrons. The third kappa shape index (κ3) is 5.53. The zero-order valence-electron chi connectivity index (χ0n) is 13.4. The second-order valence-corrected chi connectivity index (χ2v) is 10.1. The van der Waals surface area contributed by atoms with Crippen LogP contribution in [0.4, 0.5) is 0 Å². The van der Waals surface area contributed by atoms with E-state index in [1.807, 2.05) is 0 Å². The SMILES string of the molecule is CC(C)(C)NCCC1(CCc2cc(Br)c(Cl)s2)CCCC1. The number of rotatable bonds is 6. The number of hydrogen-bond acceptors (Lipinski definition) is 2. The van der Waals surface area contributed by atoms with Crippen molar-refractivity contribution in [3.05, 3.63) is 19.8 Å². The van der Waals surface area contributed by atoms with E-state index in [2.05, 4.69) is 48.1 Å². The van der Waals surface area contributed by atoms with Gasteiger partial charge in [0.1, 0.15) is 4.34 Å². The maximum Gasteiger partial charge on any atom is 0.107 e. The average molecular weight is 393 g/mol. The van der Waals surface area contributed by atoms with Gasteiger partial charge in [0.05, 0.1) is 0 Å². The number of hydrogen-bond donors (Lipinski definition) is 1. The minimum Gasteiger partial charge on any atom is -0.312 e. The summed E-state index contributed by atoms with van der Waals surface area (Å²) in [6, 6.07) is 2.20. The smallest absolute Gasteiger partial charge is 0.107 e. The molecule has 0 unspecified atom stereocenters. The van der Waals surface area contributed by atoms with Crippen LogP contribution in [0.5, 0.6) is 0 Å². The molecule has 21 heavy (non-hydrogen) atoms. The van der Waals surface area contributed by atoms with E-state index in [0.29, 0.717) is 5.41 Å². The summed E-state index contributed by atoms with van der Waals surface area (Å²) in [5.74, 6) is 0. The quantitative estimate of drug-likeness (QED) is 0.587. The standard InChI is InChI=1S/C17H27BrClNS/c1-16(2,3)20-11-10-17(7-4-5-8-17)9-6-13-12-14(18)15(19)21-13/h12,20H,4-11H2,1-3H3. The van der Waals surface area contributed by atoms with E-state index >= 15 is 0 Å². The Kier molecular flexibility index (Phi) is 6.21. The van der Waals surface area contributed by atoms with Crippen LogP contribution < -0.4 is 5.32 Å². The largest absolute Gasteiger partial charge is 0.312 e. The van der Waals surface area contributed by atoms with Crippen LogP contribution in [0.3, 0.4) is 0 Å². The van der Waals surface area contributed by atoms with Gasteiger partial charge in [-0.1, -0.05) is 24.4 Å². The van der Waals surface area contributed by atoms with E-state index in [1.165, 1.54) is 49.8 Å². The summed E-state index contributed by atoms with van der Waals surface area (Å²) in [5.41, 5.74) is 0.785. The first-order valence-electron chi connectivity index (χ1n) is 7.98. The molecule has 0 bridgehead atoms. The minimum absolute atomic E-state index is 0.228. The van der Waals surface area contributed by atoms with Crippen molar-refractivity contribution in [1.29, 1.82) is 0 Å². The van der Waals surface area contributed by atoms with E-state index in [4.69, 9.17) is 11.6 Å². The van der Waals surface area contributed by atoms with E-state index in [-0.39, 0.29) is 5.54 Å². The van der Waals surface area contributed by atoms with E-state index < -0.39 is 0 Å². The second kappa shape index (κ2) is 7.33. The third-order valence-corrected chi connectivity index (χ3v) is 7.11. The lowest BCUT2D eigenvalue weighted by atomic mass is 9.78. The minimum atomic E-state index is 0.228. The monoisotopic (exact) mass is 391 g/mol. The highest BCUT2D eigenvalue weighted by Gasteiger charge is 2.33. The predicted octanol–water partition coefficient (Wildman–Crippen LogP) is 6.44. The Morgan fingerprint density at radius 2 is 1.95 bits per heavy atom. The fourth-order valence-electron chi connectivity index (χ4n) is 3.36. The maximum atomic E-state index is 6.15. The molecular weight excluding hydrogens is 366 g/mol. The summed E-state index contributed by atoms with van der Waals surface area (Å²) in [6.07, 6.45) is 9.41. The molecular formula is C17H27BrClNS. The van der Waals surface area contributed by atoms with Gasteiger partial charge in [-0.3, -0.25) is 0 Å². The van der Waals surface area contributed by atoms with Crippen molar-refractivity contribution in [3.63, 3.8) is 0 Å². The molecule has 1 fully saturated rings. The van der Waals surface area contributed by atoms with Crippen molar-refractivity contribution in [2.75, 3.05) is 6.54 Å². The van der Waals surface area contributed by atoms with Crippen LogP contribution in [-0.4, -0.2) is 12.1 Å². The molecule has 1 nitrogen and oxygen atoms in total. The third-order valence-electron chi connectivity index (χ3n) is 4.57. The molecule has 0 atom stereocenters. The highest BCUT2D eigenvalue weighted by molar-refractivity contribution is 9.10. The van der Waals surface area contributed by atoms with Crippen molar-refractivity contribution in [1.82, 2.24) is 5.32 Å². The van der Waals surface area contributed by atoms with Crippen LogP contribution in [-0.2, 0) is 6.42 Å². The lowest BCUT2D eigenvalue weighted by Gasteiger charge is -2.31. The predicted molar refractivity (Wildman–Crippen MR) is 98.6 cm³/mol. The summed E-state index contributed by atoms with van der Waals surface area (Å²) < 4.78 is 1.94. The van der Waals surface area contributed by atoms with Crippen molar-refractivity contribution in [2.24, 2.45) is 5.41 Å². The normalized spacial score (nSPS) is 18.3. The number of halogens is 2. The van der Waals surface area contributed by atoms with Crippen molar-refractivity contribution in [3.8, 4) is 0 Å². The van der Waals surface area contributed by atoms with Gasteiger partial charge in [0.15, 0.2) is 0 Å². The van der Waals surface area contributed by atoms with Crippen molar-refractivity contribution in [2.45, 2.75) is 71.3 Å². The molecule has 0 amide bonds. The maximum absolute atomic E-state index is 6.15. The Hall–Kier alpha value is 0.430. The van der Waals surface area contributed by atoms with Crippen LogP contribution in [0.25, 0.3) is 0 Å². The summed E-state index contributed by atoms with van der Waals surface area (Å²) >= 11 is 11.4. The molecule has 0 aliphatic heterocycles. The number of thiophene rings is 1. The van der Waals surface area contributed by atoms with Gasteiger partial charge in [0.25, 0.3) is 0 Å². The highest BCUT2D eigenvalue weighted by atomic mass is 79.9. The van der Waals surface area contributed by atoms with E-state index in [9.17, 15) is 0 Å². The molecule has 120 valence electrons. The Labute approximate surface area is 147 Å². The van der Waals surface area contributed by atoms with Gasteiger partial charge in [-0.05, 0) is 86.8 Å². The summed E-state index contributed by atoms with van der Waals surface area (Å²) in [7, 11) is 0. The van der Waals surface area contributed by atoms with Gasteiger partial charge in [-0.25, -0.2) is 0 Å². The summed E-state index contributed by atoms with van der Waals surface area (Å²) in [4.78, 5) is 1.42. The van der Waals surface area contributed by atoms with Crippen LogP contribution in [0, 0.1) is 5.41 Å². The zero-order chi connectivity index (χ0) is 15.5. The first-order valence-corrected chi connectivity index (χ1v) is 9.97. The van der Waals surface area contributed by atoms with Gasteiger partial charge in [0.2, 0.25) is 0 Å². The Balaban J connectivity index is 1.89. The molecule has 0 saturated heterocycles. The van der Waals surface area contributed by atoms with Crippen LogP contribution in [0.1, 0.15) is 64.2 Å². The van der Waals surface area contributed by atoms with E-state index in [1.54, 1.807) is 11.3 Å². The molecule has 0 aromatic carbocycles. The topological polar surface area (TPSA) is 12.0 Å². The van der Waals surface area contributed by atoms with Crippen LogP contribution >= 0.6 is 38.9 Å². The fourth-order valence-corrected chi connectivity index (χ4v) is 5.15. The second-order valence-electron chi connectivity index (χ2n) is 7.47. The van der Waals surface area contributed by atoms with E-state index in [0.717, 1.165) is 15.4 Å². The molecule has 1 aromatic heterocycles. The van der Waals surface area contributed by atoms with Crippen LogP contribution in [0.15, 0.2) is 10.5 Å². The first-order chi connectivity index (χ1) is 9.80. The lowest BCUT2D eigenvalue weighted by molar-refractivity contribution is 0.235. The summed E-state index contributed by atoms with van der Waals surface area (Å²) in [6.45, 7) is 7.89. The van der Waals surface area contributed by atoms with Crippen LogP contribution in [0.2, 0.25) is 4.34 Å². The Morgan fingerprint density at radius 1 is 1.29 bits per heavy atom. The molecule has 1 aliphatic rings. The highest BCUT2D eigenvalue weighted by Crippen LogP contribution is 2.45. The molecule has 1 heterocycles. The Morgan fingerprint density at radius 3 is 2.48 bits per heavy atom.